The summed E-state index contributed by atoms with van der Waals surface area (Å²) >= 11 is 0. The average Bonchev–Trinajstić information content (AvgIpc) is 3.54. The summed E-state index contributed by atoms with van der Waals surface area (Å²) in [6.45, 7) is 0.755. The molecule has 0 bridgehead atoms. The topological polar surface area (TPSA) is 96.2 Å². The van der Waals surface area contributed by atoms with E-state index in [1.54, 1.807) is 0 Å². The summed E-state index contributed by atoms with van der Waals surface area (Å²) in [5, 5.41) is 14.0. The number of nitrogens with one attached hydrogen (secondary N) is 3. The van der Waals surface area contributed by atoms with Crippen LogP contribution in [-0.2, 0) is 0 Å². The summed E-state index contributed by atoms with van der Waals surface area (Å²) in [7, 11) is 0. The van der Waals surface area contributed by atoms with Crippen LogP contribution in [0.2, 0.25) is 0 Å². The third-order valence-corrected chi connectivity index (χ3v) is 5.68. The van der Waals surface area contributed by atoms with Gasteiger partial charge in [0.25, 0.3) is 5.91 Å². The largest absolute Gasteiger partial charge is 0.379 e. The molecule has 0 atom stereocenters. The van der Waals surface area contributed by atoms with Crippen molar-refractivity contribution in [1.29, 1.82) is 0 Å². The van der Waals surface area contributed by atoms with Gasteiger partial charge in [-0.3, -0.25) is 9.78 Å². The molecule has 0 aliphatic heterocycles. The van der Waals surface area contributed by atoms with Gasteiger partial charge in [0.1, 0.15) is 5.82 Å². The average molecular weight is 448 g/mol. The Bertz CT molecular complexity index is 1230. The zero-order chi connectivity index (χ0) is 22.6. The van der Waals surface area contributed by atoms with Gasteiger partial charge >= 0.3 is 0 Å². The van der Waals surface area contributed by atoms with E-state index in [0.29, 0.717) is 17.5 Å². The second kappa shape index (κ2) is 9.40. The van der Waals surface area contributed by atoms with Gasteiger partial charge in [-0.1, -0.05) is 23.8 Å². The summed E-state index contributed by atoms with van der Waals surface area (Å²) in [4.78, 5) is 21.0. The van der Waals surface area contributed by atoms with E-state index in [1.165, 1.54) is 28.5 Å². The predicted molar refractivity (Wildman–Crippen MR) is 126 cm³/mol. The quantitative estimate of drug-likeness (QED) is 0.416. The van der Waals surface area contributed by atoms with Crippen molar-refractivity contribution in [2.24, 2.45) is 0 Å². The fourth-order valence-electron chi connectivity index (χ4n) is 3.79. The van der Waals surface area contributed by atoms with Gasteiger partial charge in [-0.25, -0.2) is 13.9 Å². The van der Waals surface area contributed by atoms with Crippen molar-refractivity contribution in [2.45, 2.75) is 44.6 Å². The van der Waals surface area contributed by atoms with E-state index in [1.807, 2.05) is 6.07 Å². The Hall–Kier alpha value is -3.75. The standard InChI is InChI=1S/C24H26FN7O/c25-18-14-26-12-10-19(18)30-24(33)21-15-28-23-20(29-17-8-9-17)13-22(31-32(21)23)27-11-4-7-16-5-2-1-3-6-16/h2,5-6,10,12-15,17,29H,1,3-4,7-9,11H2,(H,27,31)(H,26,30,33). The van der Waals surface area contributed by atoms with Gasteiger partial charge in [-0.05, 0) is 44.6 Å². The first-order chi connectivity index (χ1) is 16.2. The minimum atomic E-state index is -0.603. The molecule has 3 aromatic rings. The number of amides is 1. The van der Waals surface area contributed by atoms with Crippen LogP contribution in [0.4, 0.5) is 21.6 Å². The molecule has 3 N–H and O–H groups in total. The second-order valence-electron chi connectivity index (χ2n) is 8.34. The maximum Gasteiger partial charge on any atom is 0.276 e. The molecule has 0 radical (unpaired) electrons. The molecule has 9 heteroatoms. The number of halogens is 1. The van der Waals surface area contributed by atoms with Gasteiger partial charge < -0.3 is 16.0 Å². The lowest BCUT2D eigenvalue weighted by atomic mass is 10.0. The van der Waals surface area contributed by atoms with Crippen LogP contribution in [0.15, 0.2) is 54.5 Å². The number of fused-ring (bicyclic) bond motifs is 1. The zero-order valence-corrected chi connectivity index (χ0v) is 18.2. The van der Waals surface area contributed by atoms with E-state index < -0.39 is 11.7 Å². The van der Waals surface area contributed by atoms with Crippen LogP contribution in [0.3, 0.4) is 0 Å². The smallest absolute Gasteiger partial charge is 0.276 e. The molecule has 170 valence electrons. The van der Waals surface area contributed by atoms with E-state index in [-0.39, 0.29) is 11.4 Å². The number of nitrogens with zero attached hydrogens (tertiary/aromatic N) is 4. The van der Waals surface area contributed by atoms with Crippen LogP contribution in [0.1, 0.15) is 49.0 Å². The Kier molecular flexibility index (Phi) is 6.01. The molecule has 1 saturated carbocycles. The van der Waals surface area contributed by atoms with E-state index in [2.05, 4.69) is 49.2 Å². The fraction of sp³-hybridized carbons (Fsp3) is 0.333. The normalized spacial score (nSPS) is 15.4. The molecule has 0 unspecified atom stereocenters. The number of hydrogen-bond donors (Lipinski definition) is 3. The minimum absolute atomic E-state index is 0.0571. The Labute approximate surface area is 191 Å². The minimum Gasteiger partial charge on any atom is -0.379 e. The number of carbonyl (C=O) groups excluding carboxylic acids is 1. The highest BCUT2D eigenvalue weighted by atomic mass is 19.1. The Morgan fingerprint density at radius 1 is 1.21 bits per heavy atom. The first-order valence-electron chi connectivity index (χ1n) is 11.3. The van der Waals surface area contributed by atoms with Gasteiger partial charge in [-0.2, -0.15) is 0 Å². The first kappa shape index (κ1) is 21.1. The molecule has 33 heavy (non-hydrogen) atoms. The highest BCUT2D eigenvalue weighted by Gasteiger charge is 2.24. The van der Waals surface area contributed by atoms with E-state index in [0.717, 1.165) is 57.0 Å². The number of carbonyl (C=O) groups is 1. The molecule has 2 aliphatic carbocycles. The molecule has 3 aromatic heterocycles. The lowest BCUT2D eigenvalue weighted by Crippen LogP contribution is -2.17. The van der Waals surface area contributed by atoms with Crippen molar-refractivity contribution < 1.29 is 9.18 Å². The predicted octanol–water partition coefficient (Wildman–Crippen LogP) is 4.56. The Morgan fingerprint density at radius 2 is 2.12 bits per heavy atom. The summed E-state index contributed by atoms with van der Waals surface area (Å²) in [6, 6.07) is 3.76. The summed E-state index contributed by atoms with van der Waals surface area (Å²) in [6.07, 6.45) is 17.1. The van der Waals surface area contributed by atoms with Crippen molar-refractivity contribution >= 4 is 28.7 Å². The second-order valence-corrected chi connectivity index (χ2v) is 8.34. The van der Waals surface area contributed by atoms with Crippen LogP contribution in [0.5, 0.6) is 0 Å². The molecule has 8 nitrogen and oxygen atoms in total. The van der Waals surface area contributed by atoms with Crippen molar-refractivity contribution in [3.8, 4) is 0 Å². The summed E-state index contributed by atoms with van der Waals surface area (Å²) in [5.74, 6) is -0.444. The molecule has 2 aliphatic rings. The highest BCUT2D eigenvalue weighted by Crippen LogP contribution is 2.29. The van der Waals surface area contributed by atoms with E-state index in [4.69, 9.17) is 0 Å². The SMILES string of the molecule is O=C(Nc1ccncc1F)c1cnc2c(NC3CC3)cc(NCCCC3=CCCC=C3)nn12. The van der Waals surface area contributed by atoms with Crippen LogP contribution in [0.25, 0.3) is 5.65 Å². The maximum absolute atomic E-state index is 13.9. The highest BCUT2D eigenvalue weighted by molar-refractivity contribution is 6.03. The molecule has 0 aromatic carbocycles. The summed E-state index contributed by atoms with van der Waals surface area (Å²) < 4.78 is 15.5. The number of aromatic nitrogens is 4. The van der Waals surface area contributed by atoms with Crippen molar-refractivity contribution in [2.75, 3.05) is 22.5 Å². The van der Waals surface area contributed by atoms with E-state index in [9.17, 15) is 9.18 Å². The molecule has 5 rings (SSSR count). The van der Waals surface area contributed by atoms with Crippen LogP contribution < -0.4 is 16.0 Å². The first-order valence-corrected chi connectivity index (χ1v) is 11.3. The lowest BCUT2D eigenvalue weighted by molar-refractivity contribution is 0.102. The van der Waals surface area contributed by atoms with Crippen LogP contribution >= 0.6 is 0 Å². The van der Waals surface area contributed by atoms with Gasteiger partial charge in [0.15, 0.2) is 17.2 Å². The molecule has 0 spiro atoms. The number of hydrogen-bond acceptors (Lipinski definition) is 6. The number of imidazole rings is 1. The third kappa shape index (κ3) is 5.02. The van der Waals surface area contributed by atoms with Crippen molar-refractivity contribution in [3.05, 3.63) is 66.0 Å². The van der Waals surface area contributed by atoms with Crippen molar-refractivity contribution in [1.82, 2.24) is 19.6 Å². The van der Waals surface area contributed by atoms with Gasteiger partial charge in [0.2, 0.25) is 0 Å². The zero-order valence-electron chi connectivity index (χ0n) is 18.2. The number of pyridine rings is 1. The number of allylic oxidation sites excluding steroid dienone is 4. The van der Waals surface area contributed by atoms with E-state index >= 15 is 0 Å². The monoisotopic (exact) mass is 447 g/mol. The Morgan fingerprint density at radius 3 is 2.91 bits per heavy atom. The lowest BCUT2D eigenvalue weighted by Gasteiger charge is -2.12. The van der Waals surface area contributed by atoms with Crippen LogP contribution in [-0.4, -0.2) is 38.1 Å². The molecular formula is C24H26FN7O. The number of rotatable bonds is 9. The fourth-order valence-corrected chi connectivity index (χ4v) is 3.79. The molecule has 1 amide bonds. The van der Waals surface area contributed by atoms with Gasteiger partial charge in [0, 0.05) is 24.8 Å². The Balaban J connectivity index is 1.35. The molecular weight excluding hydrogens is 421 g/mol. The summed E-state index contributed by atoms with van der Waals surface area (Å²) in [5.41, 5.74) is 3.04. The molecule has 3 heterocycles. The van der Waals surface area contributed by atoms with Gasteiger partial charge in [0.05, 0.1) is 23.8 Å². The third-order valence-electron chi connectivity index (χ3n) is 5.68. The maximum atomic E-state index is 13.9. The molecule has 1 fully saturated rings. The van der Waals surface area contributed by atoms with Crippen LogP contribution in [0, 0.1) is 5.82 Å². The van der Waals surface area contributed by atoms with Gasteiger partial charge in [-0.15, -0.1) is 5.10 Å². The van der Waals surface area contributed by atoms with Crippen molar-refractivity contribution in [3.63, 3.8) is 0 Å². The molecule has 0 saturated heterocycles. The number of anilines is 3.